The number of hydrogen-bond acceptors (Lipinski definition) is 6. The van der Waals surface area contributed by atoms with Crippen molar-refractivity contribution in [3.8, 4) is 5.75 Å². The second-order valence-corrected chi connectivity index (χ2v) is 5.74. The molecule has 1 aliphatic heterocycles. The van der Waals surface area contributed by atoms with Crippen molar-refractivity contribution < 1.29 is 28.2 Å². The van der Waals surface area contributed by atoms with Crippen molar-refractivity contribution >= 4 is 35.0 Å². The number of ether oxygens (including phenoxy) is 1. The van der Waals surface area contributed by atoms with Gasteiger partial charge in [-0.05, 0) is 19.1 Å². The Kier molecular flexibility index (Phi) is 5.85. The summed E-state index contributed by atoms with van der Waals surface area (Å²) in [6.07, 6.45) is 0.611. The van der Waals surface area contributed by atoms with Gasteiger partial charge in [-0.25, -0.2) is 8.78 Å². The van der Waals surface area contributed by atoms with E-state index in [4.69, 9.17) is 9.84 Å². The zero-order valence-electron chi connectivity index (χ0n) is 12.5. The highest BCUT2D eigenvalue weighted by Crippen LogP contribution is 2.24. The van der Waals surface area contributed by atoms with Crippen LogP contribution >= 0.6 is 11.8 Å². The average Bonchev–Trinajstić information content (AvgIpc) is 2.85. The summed E-state index contributed by atoms with van der Waals surface area (Å²) in [5.41, 5.74) is -0.211. The minimum absolute atomic E-state index is 0.0808. The van der Waals surface area contributed by atoms with Crippen LogP contribution in [0.25, 0.3) is 0 Å². The summed E-state index contributed by atoms with van der Waals surface area (Å²) in [7, 11) is 0. The van der Waals surface area contributed by atoms with Gasteiger partial charge in [0.1, 0.15) is 11.0 Å². The Balaban J connectivity index is 2.16. The van der Waals surface area contributed by atoms with Crippen LogP contribution in [0.3, 0.4) is 0 Å². The van der Waals surface area contributed by atoms with Crippen molar-refractivity contribution in [3.63, 3.8) is 0 Å². The molecule has 1 fully saturated rings. The molecule has 0 aliphatic carbocycles. The molecule has 1 aliphatic rings. The summed E-state index contributed by atoms with van der Waals surface area (Å²) in [6, 6.07) is 2.21. The highest BCUT2D eigenvalue weighted by Gasteiger charge is 2.32. The van der Waals surface area contributed by atoms with E-state index in [9.17, 15) is 18.4 Å². The van der Waals surface area contributed by atoms with Gasteiger partial charge in [-0.3, -0.25) is 9.59 Å². The first-order chi connectivity index (χ1) is 11.4. The van der Waals surface area contributed by atoms with Gasteiger partial charge < -0.3 is 15.2 Å². The van der Waals surface area contributed by atoms with Crippen LogP contribution in [0.1, 0.15) is 18.9 Å². The molecule has 1 saturated heterocycles. The molecule has 1 heterocycles. The molecule has 1 unspecified atom stereocenters. The van der Waals surface area contributed by atoms with E-state index in [1.807, 2.05) is 0 Å². The third-order valence-corrected chi connectivity index (χ3v) is 3.94. The Morgan fingerprint density at radius 1 is 1.50 bits per heavy atom. The Morgan fingerprint density at radius 2 is 2.25 bits per heavy atom. The lowest BCUT2D eigenvalue weighted by Crippen LogP contribution is -2.26. The van der Waals surface area contributed by atoms with Gasteiger partial charge in [0, 0.05) is 0 Å². The van der Waals surface area contributed by atoms with Crippen LogP contribution in [-0.2, 0) is 9.59 Å². The normalized spacial score (nSPS) is 19.0. The number of nitrogens with one attached hydrogen (secondary N) is 1. The van der Waals surface area contributed by atoms with Gasteiger partial charge in [0.05, 0.1) is 24.8 Å². The molecule has 1 amide bonds. The summed E-state index contributed by atoms with van der Waals surface area (Å²) >= 11 is 0.900. The number of halogens is 2. The highest BCUT2D eigenvalue weighted by atomic mass is 32.2. The van der Waals surface area contributed by atoms with Crippen molar-refractivity contribution in [2.24, 2.45) is 10.2 Å². The maximum Gasteiger partial charge on any atom is 0.305 e. The predicted octanol–water partition coefficient (Wildman–Crippen LogP) is 1.76. The molecule has 0 aromatic heterocycles. The molecule has 10 heteroatoms. The fraction of sp³-hybridized carbons (Fsp3) is 0.286. The number of carbonyl (C=O) groups excluding carboxylic acids is 1. The van der Waals surface area contributed by atoms with Gasteiger partial charge >= 0.3 is 5.97 Å². The molecule has 24 heavy (non-hydrogen) atoms. The van der Waals surface area contributed by atoms with Gasteiger partial charge in [-0.1, -0.05) is 11.8 Å². The van der Waals surface area contributed by atoms with Crippen molar-refractivity contribution in [2.75, 3.05) is 6.61 Å². The number of nitrogens with zero attached hydrogens (tertiary/aromatic N) is 2. The quantitative estimate of drug-likeness (QED) is 0.597. The maximum absolute atomic E-state index is 13.8. The monoisotopic (exact) mass is 357 g/mol. The van der Waals surface area contributed by atoms with E-state index in [1.165, 1.54) is 6.07 Å². The molecule has 0 bridgehead atoms. The maximum atomic E-state index is 13.8. The number of amides is 1. The van der Waals surface area contributed by atoms with Gasteiger partial charge in [-0.2, -0.15) is 5.10 Å². The molecule has 0 spiro atoms. The lowest BCUT2D eigenvalue weighted by molar-refractivity contribution is -0.138. The van der Waals surface area contributed by atoms with Gasteiger partial charge in [0.25, 0.3) is 0 Å². The van der Waals surface area contributed by atoms with Crippen LogP contribution in [0.15, 0.2) is 22.3 Å². The van der Waals surface area contributed by atoms with Crippen LogP contribution in [0.2, 0.25) is 0 Å². The molecule has 1 aromatic carbocycles. The Labute approximate surface area is 139 Å². The minimum atomic E-state index is -1.13. The summed E-state index contributed by atoms with van der Waals surface area (Å²) in [5, 5.41) is 17.6. The smallest absolute Gasteiger partial charge is 0.305 e. The Hall–Kier alpha value is -2.49. The second-order valence-electron chi connectivity index (χ2n) is 4.55. The van der Waals surface area contributed by atoms with Crippen LogP contribution in [-0.4, -0.2) is 40.2 Å². The van der Waals surface area contributed by atoms with Crippen LogP contribution in [0.4, 0.5) is 8.78 Å². The summed E-state index contributed by atoms with van der Waals surface area (Å²) < 4.78 is 32.3. The first kappa shape index (κ1) is 17.9. The number of thioether (sulfide) groups is 1. The van der Waals surface area contributed by atoms with E-state index in [0.29, 0.717) is 0 Å². The van der Waals surface area contributed by atoms with Gasteiger partial charge in [0.2, 0.25) is 5.91 Å². The van der Waals surface area contributed by atoms with Gasteiger partial charge in [-0.15, -0.1) is 5.10 Å². The van der Waals surface area contributed by atoms with E-state index in [2.05, 4.69) is 15.5 Å². The first-order valence-electron chi connectivity index (χ1n) is 6.83. The first-order valence-corrected chi connectivity index (χ1v) is 7.71. The molecule has 0 radical (unpaired) electrons. The van der Waals surface area contributed by atoms with Gasteiger partial charge in [0.15, 0.2) is 16.8 Å². The Morgan fingerprint density at radius 3 is 2.92 bits per heavy atom. The van der Waals surface area contributed by atoms with Crippen molar-refractivity contribution in [2.45, 2.75) is 18.6 Å². The molecule has 1 atom stereocenters. The number of benzene rings is 1. The van der Waals surface area contributed by atoms with Crippen LogP contribution in [0, 0.1) is 11.6 Å². The fourth-order valence-electron chi connectivity index (χ4n) is 1.83. The third-order valence-electron chi connectivity index (χ3n) is 2.86. The minimum Gasteiger partial charge on any atom is -0.493 e. The number of rotatable bonds is 6. The molecule has 0 saturated carbocycles. The summed E-state index contributed by atoms with van der Waals surface area (Å²) in [6.45, 7) is 1.94. The molecule has 2 rings (SSSR count). The molecular formula is C14H13F2N3O4S. The van der Waals surface area contributed by atoms with Crippen LogP contribution in [0.5, 0.6) is 5.75 Å². The number of hydrogen-bond donors (Lipinski definition) is 2. The lowest BCUT2D eigenvalue weighted by atomic mass is 10.2. The van der Waals surface area contributed by atoms with Crippen LogP contribution < -0.4 is 10.1 Å². The zero-order valence-corrected chi connectivity index (χ0v) is 13.3. The third kappa shape index (κ3) is 4.28. The zero-order chi connectivity index (χ0) is 17.7. The van der Waals surface area contributed by atoms with Crippen molar-refractivity contribution in [1.29, 1.82) is 0 Å². The average molecular weight is 357 g/mol. The predicted molar refractivity (Wildman–Crippen MR) is 84.3 cm³/mol. The second kappa shape index (κ2) is 7.86. The largest absolute Gasteiger partial charge is 0.493 e. The molecule has 1 aromatic rings. The molecule has 2 N–H and O–H groups in total. The Bertz CT molecular complexity index is 724. The van der Waals surface area contributed by atoms with Crippen molar-refractivity contribution in [3.05, 3.63) is 29.3 Å². The van der Waals surface area contributed by atoms with E-state index in [0.717, 1.165) is 24.0 Å². The number of carboxylic acids is 1. The van der Waals surface area contributed by atoms with E-state index in [1.54, 1.807) is 6.92 Å². The standard InChI is InChI=1S/C14H13F2N3O4S/c1-2-23-9-4-3-8(15)12(16)7(9)6-17-19-14-18-13(22)10(24-14)5-11(20)21/h3-4,6,10H,2,5H2,1H3,(H,20,21)(H,18,19,22). The molecule has 7 nitrogen and oxygen atoms in total. The number of carboxylic acid groups (broad SMARTS) is 1. The highest BCUT2D eigenvalue weighted by molar-refractivity contribution is 8.15. The number of carbonyl (C=O) groups is 2. The molecule has 128 valence electrons. The SMILES string of the molecule is CCOc1ccc(F)c(F)c1C=NN=C1NC(=O)C(CC(=O)O)S1. The number of aliphatic carboxylic acids is 1. The lowest BCUT2D eigenvalue weighted by Gasteiger charge is -2.07. The van der Waals surface area contributed by atoms with E-state index < -0.39 is 28.8 Å². The van der Waals surface area contributed by atoms with E-state index in [-0.39, 0.29) is 29.5 Å². The van der Waals surface area contributed by atoms with Crippen molar-refractivity contribution in [1.82, 2.24) is 5.32 Å². The van der Waals surface area contributed by atoms with E-state index >= 15 is 0 Å². The summed E-state index contributed by atoms with van der Waals surface area (Å²) in [5.74, 6) is -3.69. The molecular weight excluding hydrogens is 344 g/mol. The number of amidine groups is 1. The topological polar surface area (TPSA) is 100 Å². The fourth-order valence-corrected chi connectivity index (χ4v) is 2.75. The summed E-state index contributed by atoms with van der Waals surface area (Å²) in [4.78, 5) is 22.2.